The van der Waals surface area contributed by atoms with Gasteiger partial charge in [-0.1, -0.05) is 30.7 Å². The summed E-state index contributed by atoms with van der Waals surface area (Å²) in [5.74, 6) is 1.14. The molecule has 1 aromatic rings. The van der Waals surface area contributed by atoms with Crippen LogP contribution >= 0.6 is 23.4 Å². The van der Waals surface area contributed by atoms with Crippen LogP contribution in [0.4, 0.5) is 0 Å². The molecule has 2 rings (SSSR count). The van der Waals surface area contributed by atoms with Gasteiger partial charge in [-0.05, 0) is 36.3 Å². The second-order valence-corrected chi connectivity index (χ2v) is 5.94. The van der Waals surface area contributed by atoms with Crippen molar-refractivity contribution in [3.63, 3.8) is 0 Å². The summed E-state index contributed by atoms with van der Waals surface area (Å²) < 4.78 is 0. The zero-order chi connectivity index (χ0) is 10.9. The lowest BCUT2D eigenvalue weighted by Gasteiger charge is -2.38. The fourth-order valence-electron chi connectivity index (χ4n) is 2.08. The molecule has 1 N–H and O–H groups in total. The van der Waals surface area contributed by atoms with Gasteiger partial charge in [0.15, 0.2) is 0 Å². The van der Waals surface area contributed by atoms with E-state index in [2.05, 4.69) is 6.92 Å². The third-order valence-corrected chi connectivity index (χ3v) is 4.72. The molecule has 1 heterocycles. The summed E-state index contributed by atoms with van der Waals surface area (Å²) in [6.07, 6.45) is 1.90. The number of rotatable bonds is 1. The molecule has 2 unspecified atom stereocenters. The average Bonchev–Trinajstić information content (AvgIpc) is 2.23. The first-order valence-corrected chi connectivity index (χ1v) is 6.65. The molecule has 0 radical (unpaired) electrons. The van der Waals surface area contributed by atoms with Gasteiger partial charge in [0.25, 0.3) is 0 Å². The molecule has 1 nitrogen and oxygen atoms in total. The van der Waals surface area contributed by atoms with Crippen molar-refractivity contribution in [2.75, 3.05) is 5.75 Å². The summed E-state index contributed by atoms with van der Waals surface area (Å²) in [5, 5.41) is 11.6. The third-order valence-electron chi connectivity index (χ3n) is 3.07. The van der Waals surface area contributed by atoms with Gasteiger partial charge in [0, 0.05) is 10.3 Å². The van der Waals surface area contributed by atoms with Crippen LogP contribution in [0.25, 0.3) is 0 Å². The molecule has 0 aromatic heterocycles. The minimum Gasteiger partial charge on any atom is -0.384 e. The van der Waals surface area contributed by atoms with E-state index in [4.69, 9.17) is 11.6 Å². The first-order chi connectivity index (χ1) is 7.13. The first kappa shape index (κ1) is 11.3. The maximum atomic E-state index is 10.7. The number of thioether (sulfide) groups is 1. The van der Waals surface area contributed by atoms with E-state index in [1.807, 2.05) is 36.0 Å². The molecule has 3 heteroatoms. The lowest BCUT2D eigenvalue weighted by molar-refractivity contribution is 0.0254. The Bertz CT molecular complexity index is 355. The minimum absolute atomic E-state index is 0.240. The maximum Gasteiger partial charge on any atom is 0.101 e. The SMILES string of the molecule is CC1SCCCC1(O)c1cccc(Cl)c1. The van der Waals surface area contributed by atoms with Crippen molar-refractivity contribution < 1.29 is 5.11 Å². The van der Waals surface area contributed by atoms with Crippen molar-refractivity contribution in [3.8, 4) is 0 Å². The topological polar surface area (TPSA) is 20.2 Å². The van der Waals surface area contributed by atoms with Gasteiger partial charge in [-0.15, -0.1) is 0 Å². The van der Waals surface area contributed by atoms with Crippen molar-refractivity contribution in [2.24, 2.45) is 0 Å². The molecule has 0 amide bonds. The van der Waals surface area contributed by atoms with Gasteiger partial charge in [-0.2, -0.15) is 11.8 Å². The first-order valence-electron chi connectivity index (χ1n) is 5.23. The summed E-state index contributed by atoms with van der Waals surface area (Å²) in [4.78, 5) is 0. The summed E-state index contributed by atoms with van der Waals surface area (Å²) in [6.45, 7) is 2.09. The molecule has 1 aliphatic heterocycles. The summed E-state index contributed by atoms with van der Waals surface area (Å²) in [5.41, 5.74) is 0.253. The normalized spacial score (nSPS) is 31.5. The van der Waals surface area contributed by atoms with E-state index >= 15 is 0 Å². The van der Waals surface area contributed by atoms with Crippen LogP contribution < -0.4 is 0 Å². The summed E-state index contributed by atoms with van der Waals surface area (Å²) in [6, 6.07) is 7.59. The lowest BCUT2D eigenvalue weighted by atomic mass is 9.86. The predicted octanol–water partition coefficient (Wildman–Crippen LogP) is 3.44. The van der Waals surface area contributed by atoms with Crippen molar-refractivity contribution in [1.29, 1.82) is 0 Å². The highest BCUT2D eigenvalue weighted by molar-refractivity contribution is 8.00. The lowest BCUT2D eigenvalue weighted by Crippen LogP contribution is -2.38. The van der Waals surface area contributed by atoms with Crippen molar-refractivity contribution in [1.82, 2.24) is 0 Å². The highest BCUT2D eigenvalue weighted by Gasteiger charge is 2.38. The minimum atomic E-state index is -0.701. The zero-order valence-electron chi connectivity index (χ0n) is 8.74. The molecular weight excluding hydrogens is 228 g/mol. The van der Waals surface area contributed by atoms with Crippen LogP contribution in [0.15, 0.2) is 24.3 Å². The van der Waals surface area contributed by atoms with E-state index in [0.717, 1.165) is 24.2 Å². The molecule has 0 saturated carbocycles. The van der Waals surface area contributed by atoms with Crippen LogP contribution in [-0.2, 0) is 5.60 Å². The Balaban J connectivity index is 2.34. The monoisotopic (exact) mass is 242 g/mol. The number of aliphatic hydroxyl groups is 1. The van der Waals surface area contributed by atoms with Gasteiger partial charge >= 0.3 is 0 Å². The summed E-state index contributed by atoms with van der Waals surface area (Å²) in [7, 11) is 0. The van der Waals surface area contributed by atoms with E-state index in [1.54, 1.807) is 0 Å². The Morgan fingerprint density at radius 3 is 3.00 bits per heavy atom. The van der Waals surface area contributed by atoms with Crippen molar-refractivity contribution >= 4 is 23.4 Å². The van der Waals surface area contributed by atoms with Gasteiger partial charge in [0.1, 0.15) is 5.60 Å². The molecule has 0 aliphatic carbocycles. The Morgan fingerprint density at radius 1 is 1.53 bits per heavy atom. The number of benzene rings is 1. The molecule has 2 atom stereocenters. The zero-order valence-corrected chi connectivity index (χ0v) is 10.3. The van der Waals surface area contributed by atoms with Crippen LogP contribution in [0.1, 0.15) is 25.3 Å². The van der Waals surface area contributed by atoms with Gasteiger partial charge in [-0.3, -0.25) is 0 Å². The fourth-order valence-corrected chi connectivity index (χ4v) is 3.46. The van der Waals surface area contributed by atoms with Crippen molar-refractivity contribution in [2.45, 2.75) is 30.6 Å². The van der Waals surface area contributed by atoms with Gasteiger partial charge < -0.3 is 5.11 Å². The molecule has 1 aromatic carbocycles. The smallest absolute Gasteiger partial charge is 0.101 e. The molecule has 1 saturated heterocycles. The van der Waals surface area contributed by atoms with E-state index in [1.165, 1.54) is 0 Å². The van der Waals surface area contributed by atoms with Crippen LogP contribution in [0, 0.1) is 0 Å². The Morgan fingerprint density at radius 2 is 2.33 bits per heavy atom. The molecule has 1 aliphatic rings. The van der Waals surface area contributed by atoms with Crippen LogP contribution in [-0.4, -0.2) is 16.1 Å². The third kappa shape index (κ3) is 2.17. The van der Waals surface area contributed by atoms with E-state index in [0.29, 0.717) is 5.02 Å². The van der Waals surface area contributed by atoms with E-state index in [-0.39, 0.29) is 5.25 Å². The van der Waals surface area contributed by atoms with Crippen LogP contribution in [0.5, 0.6) is 0 Å². The Kier molecular flexibility index (Phi) is 3.29. The fraction of sp³-hybridized carbons (Fsp3) is 0.500. The summed E-state index contributed by atoms with van der Waals surface area (Å²) >= 11 is 7.79. The Hall–Kier alpha value is -0.180. The van der Waals surface area contributed by atoms with Crippen LogP contribution in [0.3, 0.4) is 0 Å². The van der Waals surface area contributed by atoms with E-state index < -0.39 is 5.60 Å². The predicted molar refractivity (Wildman–Crippen MR) is 66.5 cm³/mol. The number of hydrogen-bond donors (Lipinski definition) is 1. The largest absolute Gasteiger partial charge is 0.384 e. The second kappa shape index (κ2) is 4.36. The van der Waals surface area contributed by atoms with Crippen LogP contribution in [0.2, 0.25) is 5.02 Å². The standard InChI is InChI=1S/C12H15ClOS/c1-9-12(14,6-3-7-15-9)10-4-2-5-11(13)8-10/h2,4-5,8-9,14H,3,6-7H2,1H3. The second-order valence-electron chi connectivity index (χ2n) is 4.05. The molecule has 82 valence electrons. The molecule has 0 spiro atoms. The van der Waals surface area contributed by atoms with Gasteiger partial charge in [-0.25, -0.2) is 0 Å². The highest BCUT2D eigenvalue weighted by Crippen LogP contribution is 2.41. The average molecular weight is 243 g/mol. The molecular formula is C12H15ClOS. The number of halogens is 1. The maximum absolute atomic E-state index is 10.7. The van der Waals surface area contributed by atoms with E-state index in [9.17, 15) is 5.11 Å². The highest BCUT2D eigenvalue weighted by atomic mass is 35.5. The molecule has 1 fully saturated rings. The quantitative estimate of drug-likeness (QED) is 0.814. The van der Waals surface area contributed by atoms with Gasteiger partial charge in [0.05, 0.1) is 0 Å². The van der Waals surface area contributed by atoms with Gasteiger partial charge in [0.2, 0.25) is 0 Å². The van der Waals surface area contributed by atoms with Crippen molar-refractivity contribution in [3.05, 3.63) is 34.9 Å². The molecule has 15 heavy (non-hydrogen) atoms. The Labute approximate surface area is 99.8 Å². The molecule has 0 bridgehead atoms. The number of hydrogen-bond acceptors (Lipinski definition) is 2.